The van der Waals surface area contributed by atoms with E-state index in [1.807, 2.05) is 20.8 Å². The van der Waals surface area contributed by atoms with Gasteiger partial charge < -0.3 is 4.74 Å². The van der Waals surface area contributed by atoms with Gasteiger partial charge in [0.2, 0.25) is 0 Å². The first-order valence-electron chi connectivity index (χ1n) is 5.91. The summed E-state index contributed by atoms with van der Waals surface area (Å²) in [5, 5.41) is 10.5. The van der Waals surface area contributed by atoms with Crippen molar-refractivity contribution in [3.8, 4) is 0 Å². The lowest BCUT2D eigenvalue weighted by Crippen LogP contribution is -2.55. The van der Waals surface area contributed by atoms with Crippen molar-refractivity contribution >= 4 is 17.7 Å². The third-order valence-corrected chi connectivity index (χ3v) is 3.42. The first-order valence-corrected chi connectivity index (χ1v) is 6.89. The second kappa shape index (κ2) is 6.75. The number of hydrogen-bond donors (Lipinski definition) is 2. The molecule has 1 heterocycles. The number of aromatic amines is 1. The SMILES string of the molecule is CCOC(=O)C(C)(CSc1ncn[nH]1)NC(C)C. The number of H-pyrrole nitrogens is 1. The van der Waals surface area contributed by atoms with Crippen LogP contribution in [0.1, 0.15) is 27.7 Å². The first kappa shape index (κ1) is 15.0. The first-order chi connectivity index (χ1) is 8.48. The van der Waals surface area contributed by atoms with Crippen LogP contribution in [0.5, 0.6) is 0 Å². The summed E-state index contributed by atoms with van der Waals surface area (Å²) in [5.41, 5.74) is -0.734. The highest BCUT2D eigenvalue weighted by molar-refractivity contribution is 7.99. The Morgan fingerprint density at radius 3 is 2.89 bits per heavy atom. The molecule has 0 aliphatic heterocycles. The monoisotopic (exact) mass is 272 g/mol. The average Bonchev–Trinajstić information content (AvgIpc) is 2.78. The van der Waals surface area contributed by atoms with Crippen molar-refractivity contribution in [1.82, 2.24) is 20.5 Å². The number of nitrogens with one attached hydrogen (secondary N) is 2. The molecule has 0 aliphatic carbocycles. The van der Waals surface area contributed by atoms with Gasteiger partial charge in [0.15, 0.2) is 5.16 Å². The molecule has 2 N–H and O–H groups in total. The highest BCUT2D eigenvalue weighted by Gasteiger charge is 2.35. The predicted molar refractivity (Wildman–Crippen MR) is 70.4 cm³/mol. The van der Waals surface area contributed by atoms with E-state index in [9.17, 15) is 4.79 Å². The molecule has 1 atom stereocenters. The molecule has 0 spiro atoms. The molecular weight excluding hydrogens is 252 g/mol. The Morgan fingerprint density at radius 1 is 1.67 bits per heavy atom. The van der Waals surface area contributed by atoms with Gasteiger partial charge in [-0.25, -0.2) is 4.98 Å². The number of aromatic nitrogens is 3. The summed E-state index contributed by atoms with van der Waals surface area (Å²) in [7, 11) is 0. The van der Waals surface area contributed by atoms with Crippen molar-refractivity contribution in [3.05, 3.63) is 6.33 Å². The van der Waals surface area contributed by atoms with Gasteiger partial charge in [-0.3, -0.25) is 15.2 Å². The summed E-state index contributed by atoms with van der Waals surface area (Å²) in [6.45, 7) is 8.01. The van der Waals surface area contributed by atoms with Crippen LogP contribution in [0.4, 0.5) is 0 Å². The van der Waals surface area contributed by atoms with Crippen molar-refractivity contribution in [1.29, 1.82) is 0 Å². The van der Waals surface area contributed by atoms with Crippen LogP contribution in [0.25, 0.3) is 0 Å². The minimum absolute atomic E-state index is 0.190. The Hall–Kier alpha value is -1.08. The molecule has 0 saturated heterocycles. The molecule has 0 fully saturated rings. The van der Waals surface area contributed by atoms with Crippen LogP contribution in [-0.2, 0) is 9.53 Å². The minimum atomic E-state index is -0.734. The number of ether oxygens (including phenoxy) is 1. The zero-order chi connectivity index (χ0) is 13.6. The van der Waals surface area contributed by atoms with E-state index in [1.54, 1.807) is 6.92 Å². The van der Waals surface area contributed by atoms with Crippen molar-refractivity contribution in [2.75, 3.05) is 12.4 Å². The number of rotatable bonds is 7. The molecule has 6 nitrogen and oxygen atoms in total. The zero-order valence-electron chi connectivity index (χ0n) is 11.2. The summed E-state index contributed by atoms with van der Waals surface area (Å²) in [5.74, 6) is 0.282. The Kier molecular flexibility index (Phi) is 5.61. The summed E-state index contributed by atoms with van der Waals surface area (Å²) >= 11 is 1.44. The quantitative estimate of drug-likeness (QED) is 0.574. The Morgan fingerprint density at radius 2 is 2.39 bits per heavy atom. The van der Waals surface area contributed by atoms with Gasteiger partial charge in [-0.1, -0.05) is 11.8 Å². The van der Waals surface area contributed by atoms with Gasteiger partial charge in [-0.05, 0) is 27.7 Å². The number of carbonyl (C=O) groups excluding carboxylic acids is 1. The van der Waals surface area contributed by atoms with Crippen LogP contribution >= 0.6 is 11.8 Å². The molecule has 102 valence electrons. The smallest absolute Gasteiger partial charge is 0.326 e. The van der Waals surface area contributed by atoms with E-state index in [1.165, 1.54) is 18.1 Å². The number of thioether (sulfide) groups is 1. The highest BCUT2D eigenvalue weighted by Crippen LogP contribution is 2.20. The number of esters is 1. The third-order valence-electron chi connectivity index (χ3n) is 2.22. The average molecular weight is 272 g/mol. The normalized spacial score (nSPS) is 14.5. The molecule has 0 aliphatic rings. The van der Waals surface area contributed by atoms with E-state index in [0.29, 0.717) is 17.5 Å². The number of hydrogen-bond acceptors (Lipinski definition) is 6. The molecule has 0 aromatic carbocycles. The van der Waals surface area contributed by atoms with E-state index in [4.69, 9.17) is 4.74 Å². The van der Waals surface area contributed by atoms with Crippen LogP contribution < -0.4 is 5.32 Å². The van der Waals surface area contributed by atoms with Crippen LogP contribution in [0.2, 0.25) is 0 Å². The van der Waals surface area contributed by atoms with E-state index in [2.05, 4.69) is 20.5 Å². The molecule has 18 heavy (non-hydrogen) atoms. The number of nitrogens with zero attached hydrogens (tertiary/aromatic N) is 2. The molecular formula is C11H20N4O2S. The Bertz CT molecular complexity index is 369. The summed E-state index contributed by atoms with van der Waals surface area (Å²) < 4.78 is 5.12. The summed E-state index contributed by atoms with van der Waals surface area (Å²) in [4.78, 5) is 16.0. The second-order valence-electron chi connectivity index (χ2n) is 4.43. The summed E-state index contributed by atoms with van der Waals surface area (Å²) in [6.07, 6.45) is 1.44. The fraction of sp³-hybridized carbons (Fsp3) is 0.727. The topological polar surface area (TPSA) is 79.9 Å². The van der Waals surface area contributed by atoms with Gasteiger partial charge in [-0.15, -0.1) is 0 Å². The predicted octanol–water partition coefficient (Wildman–Crippen LogP) is 1.22. The summed E-state index contributed by atoms with van der Waals surface area (Å²) in [6, 6.07) is 0.190. The molecule has 0 amide bonds. The Labute approximate surface area is 111 Å². The maximum atomic E-state index is 12.0. The maximum Gasteiger partial charge on any atom is 0.326 e. The van der Waals surface area contributed by atoms with Crippen LogP contribution in [0.15, 0.2) is 11.5 Å². The molecule has 1 aromatic rings. The second-order valence-corrected chi connectivity index (χ2v) is 5.39. The fourth-order valence-corrected chi connectivity index (χ4v) is 2.43. The van der Waals surface area contributed by atoms with E-state index < -0.39 is 5.54 Å². The van der Waals surface area contributed by atoms with Gasteiger partial charge in [0, 0.05) is 11.8 Å². The Balaban J connectivity index is 2.67. The highest BCUT2D eigenvalue weighted by atomic mass is 32.2. The zero-order valence-corrected chi connectivity index (χ0v) is 12.0. The van der Waals surface area contributed by atoms with Gasteiger partial charge in [-0.2, -0.15) is 5.10 Å². The van der Waals surface area contributed by atoms with Crippen molar-refractivity contribution in [2.45, 2.75) is 44.4 Å². The van der Waals surface area contributed by atoms with Crippen molar-refractivity contribution in [3.63, 3.8) is 0 Å². The molecule has 0 bridgehead atoms. The van der Waals surface area contributed by atoms with Gasteiger partial charge in [0.25, 0.3) is 0 Å². The van der Waals surface area contributed by atoms with Crippen LogP contribution in [0, 0.1) is 0 Å². The lowest BCUT2D eigenvalue weighted by molar-refractivity contribution is -0.149. The van der Waals surface area contributed by atoms with E-state index >= 15 is 0 Å². The van der Waals surface area contributed by atoms with Gasteiger partial charge >= 0.3 is 5.97 Å². The molecule has 0 saturated carbocycles. The standard InChI is InChI=1S/C11H20N4O2S/c1-5-17-9(16)11(4,14-8(2)3)6-18-10-12-7-13-15-10/h7-8,14H,5-6H2,1-4H3,(H,12,13,15). The number of carbonyl (C=O) groups is 1. The maximum absolute atomic E-state index is 12.0. The van der Waals surface area contributed by atoms with Gasteiger partial charge in [0.1, 0.15) is 11.9 Å². The van der Waals surface area contributed by atoms with Crippen molar-refractivity contribution in [2.24, 2.45) is 0 Å². The minimum Gasteiger partial charge on any atom is -0.465 e. The molecule has 1 aromatic heterocycles. The molecule has 1 rings (SSSR count). The molecule has 0 radical (unpaired) electrons. The van der Waals surface area contributed by atoms with E-state index in [-0.39, 0.29) is 12.0 Å². The van der Waals surface area contributed by atoms with Crippen molar-refractivity contribution < 1.29 is 9.53 Å². The lowest BCUT2D eigenvalue weighted by atomic mass is 10.0. The molecule has 1 unspecified atom stereocenters. The third kappa shape index (κ3) is 4.30. The molecule has 7 heteroatoms. The van der Waals surface area contributed by atoms with Crippen LogP contribution in [-0.4, -0.2) is 45.1 Å². The fourth-order valence-electron chi connectivity index (χ4n) is 1.56. The van der Waals surface area contributed by atoms with E-state index in [0.717, 1.165) is 0 Å². The van der Waals surface area contributed by atoms with Crippen LogP contribution in [0.3, 0.4) is 0 Å². The lowest BCUT2D eigenvalue weighted by Gasteiger charge is -2.29. The largest absolute Gasteiger partial charge is 0.465 e. The van der Waals surface area contributed by atoms with Gasteiger partial charge in [0.05, 0.1) is 6.61 Å².